The highest BCUT2D eigenvalue weighted by Crippen LogP contribution is 2.38. The summed E-state index contributed by atoms with van der Waals surface area (Å²) in [5.74, 6) is -2.12. The molecule has 0 spiro atoms. The summed E-state index contributed by atoms with van der Waals surface area (Å²) in [6.45, 7) is -0.374. The number of ether oxygens (including phenoxy) is 4. The van der Waals surface area contributed by atoms with Crippen molar-refractivity contribution in [1.29, 1.82) is 0 Å². The van der Waals surface area contributed by atoms with E-state index >= 15 is 0 Å². The molecular weight excluding hydrogens is 618 g/mol. The number of rotatable bonds is 10. The highest BCUT2D eigenvalue weighted by Gasteiger charge is 2.51. The minimum atomic E-state index is -1.34. The Labute approximate surface area is 267 Å². The Balaban J connectivity index is 1.52. The van der Waals surface area contributed by atoms with Crippen LogP contribution in [0.4, 0.5) is 0 Å². The Morgan fingerprint density at radius 2 is 1.22 bits per heavy atom. The molecule has 1 heterocycles. The van der Waals surface area contributed by atoms with E-state index in [0.29, 0.717) is 15.5 Å². The molecule has 0 aliphatic carbocycles. The first-order chi connectivity index (χ1) is 21.9. The zero-order valence-electron chi connectivity index (χ0n) is 23.5. The molecule has 5 rings (SSSR count). The number of esters is 3. The number of thioether (sulfide) groups is 1. The van der Waals surface area contributed by atoms with Gasteiger partial charge in [-0.2, -0.15) is 0 Å². The number of benzene rings is 4. The van der Waals surface area contributed by atoms with Gasteiger partial charge in [0, 0.05) is 14.8 Å². The fraction of sp³-hybridized carbons (Fsp3) is 0.182. The lowest BCUT2D eigenvalue weighted by Crippen LogP contribution is -2.60. The van der Waals surface area contributed by atoms with Crippen LogP contribution in [0.2, 0.25) is 5.02 Å². The first kappa shape index (κ1) is 31.6. The van der Waals surface area contributed by atoms with Gasteiger partial charge in [0.1, 0.15) is 24.2 Å². The van der Waals surface area contributed by atoms with Crippen LogP contribution in [0.15, 0.2) is 125 Å². The molecule has 0 radical (unpaired) electrons. The van der Waals surface area contributed by atoms with Crippen molar-refractivity contribution in [2.24, 2.45) is 5.11 Å². The van der Waals surface area contributed by atoms with Gasteiger partial charge < -0.3 is 18.9 Å². The van der Waals surface area contributed by atoms with E-state index in [0.717, 1.165) is 0 Å². The molecule has 0 amide bonds. The van der Waals surface area contributed by atoms with Crippen LogP contribution in [0.25, 0.3) is 10.4 Å². The monoisotopic (exact) mass is 643 g/mol. The zero-order valence-corrected chi connectivity index (χ0v) is 25.1. The second-order valence-corrected chi connectivity index (χ2v) is 11.4. The van der Waals surface area contributed by atoms with Crippen molar-refractivity contribution in [1.82, 2.24) is 0 Å². The number of halogens is 1. The van der Waals surface area contributed by atoms with Crippen molar-refractivity contribution < 1.29 is 33.3 Å². The lowest BCUT2D eigenvalue weighted by Gasteiger charge is -2.43. The Hall–Kier alpha value is -4.80. The van der Waals surface area contributed by atoms with Crippen LogP contribution in [0.3, 0.4) is 0 Å². The number of carbonyl (C=O) groups excluding carboxylic acids is 3. The molecule has 5 atom stereocenters. The van der Waals surface area contributed by atoms with E-state index in [1.54, 1.807) is 115 Å². The molecule has 4 aromatic carbocycles. The summed E-state index contributed by atoms with van der Waals surface area (Å²) in [6.07, 6.45) is -3.81. The predicted molar refractivity (Wildman–Crippen MR) is 167 cm³/mol. The fourth-order valence-corrected chi connectivity index (χ4v) is 5.81. The van der Waals surface area contributed by atoms with Gasteiger partial charge in [0.2, 0.25) is 0 Å². The second-order valence-electron chi connectivity index (χ2n) is 9.75. The van der Waals surface area contributed by atoms with Crippen LogP contribution in [0, 0.1) is 0 Å². The van der Waals surface area contributed by atoms with Gasteiger partial charge in [-0.15, -0.1) is 0 Å². The lowest BCUT2D eigenvalue weighted by atomic mass is 9.97. The standard InChI is InChI=1S/C33H26ClN3O7S/c34-24-16-18-25(19-17-24)45-33-27(36-37-35)29(44-32(40)23-14-8-3-9-15-23)28(43-31(39)22-12-6-2-7-13-22)26(42-33)20-41-30(38)21-10-4-1-5-11-21/h1-19,26-29,33H,20H2/t26-,27-,28-,29-,33-/m1/s1. The van der Waals surface area contributed by atoms with Gasteiger partial charge in [-0.25, -0.2) is 14.4 Å². The average Bonchev–Trinajstić information content (AvgIpc) is 3.08. The van der Waals surface area contributed by atoms with Gasteiger partial charge >= 0.3 is 17.9 Å². The second kappa shape index (κ2) is 15.3. The van der Waals surface area contributed by atoms with Crippen LogP contribution < -0.4 is 0 Å². The van der Waals surface area contributed by atoms with E-state index in [1.165, 1.54) is 11.8 Å². The first-order valence-corrected chi connectivity index (χ1v) is 15.0. The fourth-order valence-electron chi connectivity index (χ4n) is 4.58. The zero-order chi connectivity index (χ0) is 31.6. The van der Waals surface area contributed by atoms with Crippen molar-refractivity contribution >= 4 is 41.3 Å². The van der Waals surface area contributed by atoms with Gasteiger partial charge in [-0.05, 0) is 66.2 Å². The van der Waals surface area contributed by atoms with E-state index in [9.17, 15) is 19.9 Å². The topological polar surface area (TPSA) is 137 Å². The maximum absolute atomic E-state index is 13.4. The molecule has 1 aliphatic rings. The minimum absolute atomic E-state index is 0.226. The summed E-state index contributed by atoms with van der Waals surface area (Å²) < 4.78 is 23.9. The van der Waals surface area contributed by atoms with Gasteiger partial charge in [0.25, 0.3) is 0 Å². The van der Waals surface area contributed by atoms with E-state index in [2.05, 4.69) is 10.0 Å². The molecule has 45 heavy (non-hydrogen) atoms. The highest BCUT2D eigenvalue weighted by atomic mass is 35.5. The number of carbonyl (C=O) groups is 3. The van der Waals surface area contributed by atoms with Gasteiger partial charge in [0.15, 0.2) is 12.2 Å². The number of hydrogen-bond acceptors (Lipinski definition) is 9. The minimum Gasteiger partial charge on any atom is -0.459 e. The van der Waals surface area contributed by atoms with Crippen LogP contribution in [0.5, 0.6) is 0 Å². The molecule has 0 saturated carbocycles. The van der Waals surface area contributed by atoms with Crippen LogP contribution in [-0.2, 0) is 18.9 Å². The van der Waals surface area contributed by atoms with E-state index in [1.807, 2.05) is 0 Å². The van der Waals surface area contributed by atoms with Crippen LogP contribution >= 0.6 is 23.4 Å². The predicted octanol–water partition coefficient (Wildman–Crippen LogP) is 7.14. The quantitative estimate of drug-likeness (QED) is 0.0584. The van der Waals surface area contributed by atoms with Gasteiger partial charge in [-0.3, -0.25) is 0 Å². The molecule has 0 unspecified atom stereocenters. The Morgan fingerprint density at radius 3 is 1.73 bits per heavy atom. The van der Waals surface area contributed by atoms with Crippen molar-refractivity contribution in [3.63, 3.8) is 0 Å². The molecule has 4 aromatic rings. The van der Waals surface area contributed by atoms with Crippen molar-refractivity contribution in [3.05, 3.63) is 147 Å². The van der Waals surface area contributed by atoms with Gasteiger partial charge in [0.05, 0.1) is 16.7 Å². The Bertz CT molecular complexity index is 1660. The summed E-state index contributed by atoms with van der Waals surface area (Å²) in [7, 11) is 0. The smallest absolute Gasteiger partial charge is 0.338 e. The van der Waals surface area contributed by atoms with Crippen LogP contribution in [0.1, 0.15) is 31.1 Å². The molecule has 1 fully saturated rings. The third-order valence-electron chi connectivity index (χ3n) is 6.76. The third-order valence-corrected chi connectivity index (χ3v) is 8.18. The normalized spacial score (nSPS) is 20.7. The Kier molecular flexibility index (Phi) is 10.7. The van der Waals surface area contributed by atoms with Crippen molar-refractivity contribution in [3.8, 4) is 0 Å². The largest absolute Gasteiger partial charge is 0.459 e. The number of azide groups is 1. The average molecular weight is 644 g/mol. The first-order valence-electron chi connectivity index (χ1n) is 13.8. The van der Waals surface area contributed by atoms with Crippen LogP contribution in [-0.4, -0.2) is 54.3 Å². The van der Waals surface area contributed by atoms with Crippen molar-refractivity contribution in [2.75, 3.05) is 6.61 Å². The molecule has 1 saturated heterocycles. The molecule has 0 bridgehead atoms. The van der Waals surface area contributed by atoms with Crippen molar-refractivity contribution in [2.45, 2.75) is 34.7 Å². The summed E-state index contributed by atoms with van der Waals surface area (Å²) >= 11 is 7.25. The Morgan fingerprint density at radius 1 is 0.733 bits per heavy atom. The SMILES string of the molecule is [N-]=[N+]=N[C@@H]1[C@@H](OC(=O)c2ccccc2)[C@H](OC(=O)c2ccccc2)[C@@H](COC(=O)c2ccccc2)O[C@@H]1Sc1ccc(Cl)cc1. The van der Waals surface area contributed by atoms with E-state index < -0.39 is 47.7 Å². The summed E-state index contributed by atoms with van der Waals surface area (Å²) in [5, 5.41) is 4.46. The molecule has 0 aromatic heterocycles. The highest BCUT2D eigenvalue weighted by molar-refractivity contribution is 7.99. The van der Waals surface area contributed by atoms with E-state index in [4.69, 9.17) is 30.5 Å². The molecule has 12 heteroatoms. The van der Waals surface area contributed by atoms with Gasteiger partial charge in [-0.1, -0.05) is 83.1 Å². The number of hydrogen-bond donors (Lipinski definition) is 0. The number of nitrogens with zero attached hydrogens (tertiary/aromatic N) is 3. The summed E-state index contributed by atoms with van der Waals surface area (Å²) in [4.78, 5) is 43.3. The maximum Gasteiger partial charge on any atom is 0.338 e. The summed E-state index contributed by atoms with van der Waals surface area (Å²) in [5.41, 5.74) is 9.38. The molecular formula is C33H26ClN3O7S. The summed E-state index contributed by atoms with van der Waals surface area (Å²) in [6, 6.07) is 30.5. The third kappa shape index (κ3) is 8.23. The molecule has 1 aliphatic heterocycles. The van der Waals surface area contributed by atoms with E-state index in [-0.39, 0.29) is 17.7 Å². The molecule has 10 nitrogen and oxygen atoms in total. The maximum atomic E-state index is 13.4. The lowest BCUT2D eigenvalue weighted by molar-refractivity contribution is -0.170. The molecule has 228 valence electrons. The molecule has 0 N–H and O–H groups in total.